The minimum Gasteiger partial charge on any atom is -0.382 e. The minimum atomic E-state index is -0.982. The molecule has 1 aliphatic rings. The Morgan fingerprint density at radius 2 is 2.00 bits per heavy atom. The Balaban J connectivity index is 2.13. The SMILES string of the molecule is CCN(CC)C1(Cc2cc(C(C)(C)O)on2)COC1. The number of ether oxygens (including phenoxy) is 1. The zero-order valence-corrected chi connectivity index (χ0v) is 12.3. The lowest BCUT2D eigenvalue weighted by Crippen LogP contribution is -2.63. The van der Waals surface area contributed by atoms with Crippen molar-refractivity contribution in [3.63, 3.8) is 0 Å². The Morgan fingerprint density at radius 1 is 1.37 bits per heavy atom. The predicted molar refractivity (Wildman–Crippen MR) is 71.9 cm³/mol. The predicted octanol–water partition coefficient (Wildman–Crippen LogP) is 1.56. The lowest BCUT2D eigenvalue weighted by Gasteiger charge is -2.49. The van der Waals surface area contributed by atoms with Crippen molar-refractivity contribution in [3.8, 4) is 0 Å². The minimum absolute atomic E-state index is 0.0389. The molecule has 0 radical (unpaired) electrons. The van der Waals surface area contributed by atoms with Crippen LogP contribution in [0.2, 0.25) is 0 Å². The zero-order chi connectivity index (χ0) is 14.1. The van der Waals surface area contributed by atoms with E-state index in [9.17, 15) is 5.11 Å². The van der Waals surface area contributed by atoms with Crippen LogP contribution in [0.3, 0.4) is 0 Å². The second-order valence-corrected chi connectivity index (χ2v) is 5.81. The molecule has 5 heteroatoms. The molecular formula is C14H24N2O3. The molecule has 1 saturated heterocycles. The number of aromatic nitrogens is 1. The molecule has 1 aromatic rings. The van der Waals surface area contributed by atoms with Crippen LogP contribution in [0.4, 0.5) is 0 Å². The van der Waals surface area contributed by atoms with Crippen LogP contribution in [-0.4, -0.2) is 47.0 Å². The van der Waals surface area contributed by atoms with E-state index < -0.39 is 5.60 Å². The van der Waals surface area contributed by atoms with Crippen molar-refractivity contribution >= 4 is 0 Å². The van der Waals surface area contributed by atoms with Crippen LogP contribution >= 0.6 is 0 Å². The third-order valence-corrected chi connectivity index (χ3v) is 3.85. The van der Waals surface area contributed by atoms with Crippen LogP contribution in [0.25, 0.3) is 0 Å². The summed E-state index contributed by atoms with van der Waals surface area (Å²) in [7, 11) is 0. The molecule has 1 aromatic heterocycles. The molecular weight excluding hydrogens is 244 g/mol. The van der Waals surface area contributed by atoms with E-state index in [0.29, 0.717) is 5.76 Å². The maximum atomic E-state index is 9.90. The summed E-state index contributed by atoms with van der Waals surface area (Å²) < 4.78 is 10.7. The molecule has 0 atom stereocenters. The first-order valence-corrected chi connectivity index (χ1v) is 6.92. The maximum Gasteiger partial charge on any atom is 0.167 e. The fraction of sp³-hybridized carbons (Fsp3) is 0.786. The average molecular weight is 268 g/mol. The van der Waals surface area contributed by atoms with Crippen LogP contribution in [0.5, 0.6) is 0 Å². The van der Waals surface area contributed by atoms with Crippen LogP contribution in [0.15, 0.2) is 10.6 Å². The summed E-state index contributed by atoms with van der Waals surface area (Å²) in [4.78, 5) is 2.41. The molecule has 1 N–H and O–H groups in total. The van der Waals surface area contributed by atoms with E-state index in [2.05, 4.69) is 23.9 Å². The molecule has 1 aliphatic heterocycles. The highest BCUT2D eigenvalue weighted by molar-refractivity contribution is 5.15. The first-order chi connectivity index (χ1) is 8.91. The summed E-state index contributed by atoms with van der Waals surface area (Å²) in [6, 6.07) is 1.85. The summed E-state index contributed by atoms with van der Waals surface area (Å²) >= 11 is 0. The van der Waals surface area contributed by atoms with Gasteiger partial charge in [-0.15, -0.1) is 0 Å². The van der Waals surface area contributed by atoms with Gasteiger partial charge in [0.15, 0.2) is 5.76 Å². The van der Waals surface area contributed by atoms with Crippen molar-refractivity contribution in [1.29, 1.82) is 0 Å². The molecule has 0 bridgehead atoms. The van der Waals surface area contributed by atoms with E-state index in [1.807, 2.05) is 6.07 Å². The number of hydrogen-bond donors (Lipinski definition) is 1. The van der Waals surface area contributed by atoms with Crippen molar-refractivity contribution < 1.29 is 14.4 Å². The van der Waals surface area contributed by atoms with Crippen molar-refractivity contribution in [3.05, 3.63) is 17.5 Å². The van der Waals surface area contributed by atoms with E-state index in [-0.39, 0.29) is 5.54 Å². The van der Waals surface area contributed by atoms with Crippen molar-refractivity contribution in [2.24, 2.45) is 0 Å². The summed E-state index contributed by atoms with van der Waals surface area (Å²) in [6.07, 6.45) is 0.800. The summed E-state index contributed by atoms with van der Waals surface area (Å²) in [5, 5.41) is 14.0. The number of nitrogens with zero attached hydrogens (tertiary/aromatic N) is 2. The Bertz CT molecular complexity index is 415. The number of aliphatic hydroxyl groups is 1. The lowest BCUT2D eigenvalue weighted by molar-refractivity contribution is -0.138. The molecule has 0 aliphatic carbocycles. The van der Waals surface area contributed by atoms with Gasteiger partial charge in [-0.3, -0.25) is 4.90 Å². The topological polar surface area (TPSA) is 58.7 Å². The van der Waals surface area contributed by atoms with Gasteiger partial charge >= 0.3 is 0 Å². The summed E-state index contributed by atoms with van der Waals surface area (Å²) in [5.41, 5.74) is -0.0617. The Labute approximate surface area is 114 Å². The highest BCUT2D eigenvalue weighted by Gasteiger charge is 2.43. The highest BCUT2D eigenvalue weighted by atomic mass is 16.5. The standard InChI is InChI=1S/C14H24N2O3/c1-5-16(6-2)14(9-18-10-14)8-11-7-12(19-15-11)13(3,4)17/h7,17H,5-6,8-10H2,1-4H3. The van der Waals surface area contributed by atoms with E-state index in [1.165, 1.54) is 0 Å². The van der Waals surface area contributed by atoms with Crippen molar-refractivity contribution in [1.82, 2.24) is 10.1 Å². The van der Waals surface area contributed by atoms with Gasteiger partial charge in [0.1, 0.15) is 5.60 Å². The molecule has 0 spiro atoms. The van der Waals surface area contributed by atoms with Crippen molar-refractivity contribution in [2.75, 3.05) is 26.3 Å². The monoisotopic (exact) mass is 268 g/mol. The van der Waals surface area contributed by atoms with Gasteiger partial charge in [-0.1, -0.05) is 19.0 Å². The quantitative estimate of drug-likeness (QED) is 0.848. The van der Waals surface area contributed by atoms with Gasteiger partial charge < -0.3 is 14.4 Å². The van der Waals surface area contributed by atoms with Gasteiger partial charge in [0.2, 0.25) is 0 Å². The van der Waals surface area contributed by atoms with Crippen LogP contribution in [0.1, 0.15) is 39.1 Å². The van der Waals surface area contributed by atoms with Crippen LogP contribution < -0.4 is 0 Å². The van der Waals surface area contributed by atoms with Gasteiger partial charge in [0.25, 0.3) is 0 Å². The smallest absolute Gasteiger partial charge is 0.167 e. The fourth-order valence-electron chi connectivity index (χ4n) is 2.65. The van der Waals surface area contributed by atoms with E-state index in [4.69, 9.17) is 9.26 Å². The Kier molecular flexibility index (Phi) is 3.99. The molecule has 2 heterocycles. The van der Waals surface area contributed by atoms with E-state index >= 15 is 0 Å². The van der Waals surface area contributed by atoms with Crippen LogP contribution in [-0.2, 0) is 16.8 Å². The molecule has 0 aromatic carbocycles. The van der Waals surface area contributed by atoms with Gasteiger partial charge in [-0.25, -0.2) is 0 Å². The molecule has 108 valence electrons. The van der Waals surface area contributed by atoms with E-state index in [0.717, 1.165) is 38.4 Å². The lowest BCUT2D eigenvalue weighted by atomic mass is 9.88. The zero-order valence-electron chi connectivity index (χ0n) is 12.3. The first kappa shape index (κ1) is 14.5. The van der Waals surface area contributed by atoms with Crippen molar-refractivity contribution in [2.45, 2.75) is 45.3 Å². The maximum absolute atomic E-state index is 9.90. The van der Waals surface area contributed by atoms with Crippen LogP contribution in [0, 0.1) is 0 Å². The summed E-state index contributed by atoms with van der Waals surface area (Å²) in [6.45, 7) is 11.2. The molecule has 19 heavy (non-hydrogen) atoms. The van der Waals surface area contributed by atoms with Gasteiger partial charge in [-0.2, -0.15) is 0 Å². The number of hydrogen-bond acceptors (Lipinski definition) is 5. The van der Waals surface area contributed by atoms with Gasteiger partial charge in [-0.05, 0) is 26.9 Å². The molecule has 0 saturated carbocycles. The third-order valence-electron chi connectivity index (χ3n) is 3.85. The van der Waals surface area contributed by atoms with Gasteiger partial charge in [0, 0.05) is 12.5 Å². The van der Waals surface area contributed by atoms with Gasteiger partial charge in [0.05, 0.1) is 24.4 Å². The molecule has 2 rings (SSSR count). The average Bonchev–Trinajstić information content (AvgIpc) is 2.75. The number of rotatable bonds is 6. The molecule has 0 amide bonds. The first-order valence-electron chi connectivity index (χ1n) is 6.92. The molecule has 1 fully saturated rings. The Hall–Kier alpha value is -0.910. The third kappa shape index (κ3) is 2.83. The Morgan fingerprint density at radius 3 is 2.37 bits per heavy atom. The fourth-order valence-corrected chi connectivity index (χ4v) is 2.65. The second-order valence-electron chi connectivity index (χ2n) is 5.81. The molecule has 5 nitrogen and oxygen atoms in total. The molecule has 0 unspecified atom stereocenters. The highest BCUT2D eigenvalue weighted by Crippen LogP contribution is 2.30. The van der Waals surface area contributed by atoms with E-state index in [1.54, 1.807) is 13.8 Å². The largest absolute Gasteiger partial charge is 0.382 e. The number of likely N-dealkylation sites (N-methyl/N-ethyl adjacent to an activating group) is 1. The normalized spacial score (nSPS) is 18.6. The second kappa shape index (κ2) is 5.23. The summed E-state index contributed by atoms with van der Waals surface area (Å²) in [5.74, 6) is 0.512.